The molecule has 0 saturated carbocycles. The first-order chi connectivity index (χ1) is 8.13. The van der Waals surface area contributed by atoms with Gasteiger partial charge in [-0.3, -0.25) is 4.79 Å². The molecule has 0 radical (unpaired) electrons. The molecule has 0 aliphatic carbocycles. The van der Waals surface area contributed by atoms with Gasteiger partial charge in [-0.05, 0) is 53.1 Å². The van der Waals surface area contributed by atoms with Crippen molar-refractivity contribution in [1.82, 2.24) is 0 Å². The van der Waals surface area contributed by atoms with Gasteiger partial charge < -0.3 is 5.32 Å². The van der Waals surface area contributed by atoms with E-state index in [4.69, 9.17) is 0 Å². The van der Waals surface area contributed by atoms with Crippen molar-refractivity contribution in [3.05, 3.63) is 50.6 Å². The van der Waals surface area contributed by atoms with Crippen LogP contribution in [-0.4, -0.2) is 5.91 Å². The molecule has 0 aliphatic rings. The average Bonchev–Trinajstić information content (AvgIpc) is 2.67. The lowest BCUT2D eigenvalue weighted by Gasteiger charge is -2.06. The maximum absolute atomic E-state index is 11.8. The van der Waals surface area contributed by atoms with Crippen molar-refractivity contribution in [2.45, 2.75) is 13.3 Å². The molecule has 4 heteroatoms. The molecule has 2 rings (SSSR count). The first-order valence-corrected chi connectivity index (χ1v) is 6.95. The van der Waals surface area contributed by atoms with E-state index in [0.29, 0.717) is 6.42 Å². The number of carbonyl (C=O) groups is 1. The van der Waals surface area contributed by atoms with Crippen LogP contribution in [0.4, 0.5) is 5.69 Å². The summed E-state index contributed by atoms with van der Waals surface area (Å²) in [5.41, 5.74) is 3.00. The Kier molecular flexibility index (Phi) is 3.97. The fourth-order valence-corrected chi connectivity index (χ4v) is 2.87. The molecule has 1 amide bonds. The van der Waals surface area contributed by atoms with E-state index in [1.165, 1.54) is 0 Å². The molecule has 0 spiro atoms. The SMILES string of the molecule is Cc1cc(Br)cc(NC(=O)Cc2ccsc2)c1. The highest BCUT2D eigenvalue weighted by Gasteiger charge is 2.05. The fourth-order valence-electron chi connectivity index (χ4n) is 1.59. The van der Waals surface area contributed by atoms with Gasteiger partial charge in [0.1, 0.15) is 0 Å². The normalized spacial score (nSPS) is 10.2. The minimum absolute atomic E-state index is 0.0147. The Bertz CT molecular complexity index is 502. The quantitative estimate of drug-likeness (QED) is 0.912. The number of halogens is 1. The first-order valence-electron chi connectivity index (χ1n) is 5.21. The van der Waals surface area contributed by atoms with Crippen molar-refractivity contribution >= 4 is 38.9 Å². The number of benzene rings is 1. The highest BCUT2D eigenvalue weighted by molar-refractivity contribution is 9.10. The van der Waals surface area contributed by atoms with E-state index in [-0.39, 0.29) is 5.91 Å². The second kappa shape index (κ2) is 5.47. The molecule has 2 nitrogen and oxygen atoms in total. The molecule has 17 heavy (non-hydrogen) atoms. The van der Waals surface area contributed by atoms with Crippen LogP contribution in [0.15, 0.2) is 39.5 Å². The molecule has 0 aliphatic heterocycles. The van der Waals surface area contributed by atoms with Crippen LogP contribution >= 0.6 is 27.3 Å². The molecule has 0 bridgehead atoms. The van der Waals surface area contributed by atoms with Crippen LogP contribution in [0.25, 0.3) is 0 Å². The van der Waals surface area contributed by atoms with Gasteiger partial charge in [-0.25, -0.2) is 0 Å². The Morgan fingerprint density at radius 3 is 2.88 bits per heavy atom. The van der Waals surface area contributed by atoms with Gasteiger partial charge in [0.25, 0.3) is 0 Å². The lowest BCUT2D eigenvalue weighted by Crippen LogP contribution is -2.14. The Morgan fingerprint density at radius 1 is 1.41 bits per heavy atom. The van der Waals surface area contributed by atoms with Gasteiger partial charge in [-0.2, -0.15) is 11.3 Å². The number of rotatable bonds is 3. The summed E-state index contributed by atoms with van der Waals surface area (Å²) in [6.45, 7) is 2.00. The number of carbonyl (C=O) groups excluding carboxylic acids is 1. The second-order valence-electron chi connectivity index (χ2n) is 3.87. The number of aryl methyl sites for hydroxylation is 1. The van der Waals surface area contributed by atoms with Crippen molar-refractivity contribution in [3.63, 3.8) is 0 Å². The summed E-state index contributed by atoms with van der Waals surface area (Å²) in [5.74, 6) is 0.0147. The zero-order valence-electron chi connectivity index (χ0n) is 9.37. The summed E-state index contributed by atoms with van der Waals surface area (Å²) >= 11 is 5.02. The van der Waals surface area contributed by atoms with Gasteiger partial charge in [0.2, 0.25) is 5.91 Å². The molecule has 2 aromatic rings. The Balaban J connectivity index is 2.03. The molecular formula is C13H12BrNOS. The molecular weight excluding hydrogens is 298 g/mol. The molecule has 1 aromatic carbocycles. The van der Waals surface area contributed by atoms with Gasteiger partial charge in [-0.15, -0.1) is 0 Å². The Labute approximate surface area is 113 Å². The van der Waals surface area contributed by atoms with Crippen LogP contribution in [-0.2, 0) is 11.2 Å². The summed E-state index contributed by atoms with van der Waals surface area (Å²) in [5, 5.41) is 6.87. The van der Waals surface area contributed by atoms with Crippen LogP contribution in [0.2, 0.25) is 0 Å². The van der Waals surface area contributed by atoms with Crippen molar-refractivity contribution in [1.29, 1.82) is 0 Å². The smallest absolute Gasteiger partial charge is 0.228 e. The van der Waals surface area contributed by atoms with Crippen LogP contribution in [0, 0.1) is 6.92 Å². The summed E-state index contributed by atoms with van der Waals surface area (Å²) in [6.07, 6.45) is 0.426. The Hall–Kier alpha value is -1.13. The number of thiophene rings is 1. The maximum Gasteiger partial charge on any atom is 0.228 e. The van der Waals surface area contributed by atoms with Crippen molar-refractivity contribution in [3.8, 4) is 0 Å². The largest absolute Gasteiger partial charge is 0.326 e. The lowest BCUT2D eigenvalue weighted by atomic mass is 10.2. The molecule has 0 atom stereocenters. The summed E-state index contributed by atoms with van der Waals surface area (Å²) in [6, 6.07) is 7.83. The van der Waals surface area contributed by atoms with Gasteiger partial charge in [0, 0.05) is 10.2 Å². The van der Waals surface area contributed by atoms with Gasteiger partial charge >= 0.3 is 0 Å². The van der Waals surface area contributed by atoms with E-state index in [1.54, 1.807) is 11.3 Å². The predicted octanol–water partition coefficient (Wildman–Crippen LogP) is 4.00. The van der Waals surface area contributed by atoms with E-state index in [0.717, 1.165) is 21.3 Å². The number of nitrogens with one attached hydrogen (secondary N) is 1. The van der Waals surface area contributed by atoms with E-state index in [9.17, 15) is 4.79 Å². The average molecular weight is 310 g/mol. The number of amides is 1. The zero-order chi connectivity index (χ0) is 12.3. The van der Waals surface area contributed by atoms with Crippen molar-refractivity contribution in [2.75, 3.05) is 5.32 Å². The van der Waals surface area contributed by atoms with Gasteiger partial charge in [-0.1, -0.05) is 15.9 Å². The van der Waals surface area contributed by atoms with Crippen molar-refractivity contribution < 1.29 is 4.79 Å². The van der Waals surface area contributed by atoms with Crippen LogP contribution in [0.5, 0.6) is 0 Å². The second-order valence-corrected chi connectivity index (χ2v) is 5.57. The third-order valence-corrected chi connectivity index (χ3v) is 3.46. The molecule has 0 unspecified atom stereocenters. The molecule has 88 valence electrons. The van der Waals surface area contributed by atoms with Crippen molar-refractivity contribution in [2.24, 2.45) is 0 Å². The molecule has 1 aromatic heterocycles. The third-order valence-electron chi connectivity index (χ3n) is 2.27. The fraction of sp³-hybridized carbons (Fsp3) is 0.154. The highest BCUT2D eigenvalue weighted by Crippen LogP contribution is 2.19. The predicted molar refractivity (Wildman–Crippen MR) is 75.5 cm³/mol. The van der Waals surface area contributed by atoms with Crippen LogP contribution in [0.3, 0.4) is 0 Å². The van der Waals surface area contributed by atoms with Crippen LogP contribution < -0.4 is 5.32 Å². The minimum atomic E-state index is 0.0147. The van der Waals surface area contributed by atoms with E-state index >= 15 is 0 Å². The van der Waals surface area contributed by atoms with E-state index in [2.05, 4.69) is 21.2 Å². The highest BCUT2D eigenvalue weighted by atomic mass is 79.9. The summed E-state index contributed by atoms with van der Waals surface area (Å²) in [7, 11) is 0. The standard InChI is InChI=1S/C13H12BrNOS/c1-9-4-11(14)7-12(5-9)15-13(16)6-10-2-3-17-8-10/h2-5,7-8H,6H2,1H3,(H,15,16). The number of hydrogen-bond acceptors (Lipinski definition) is 2. The van der Waals surface area contributed by atoms with E-state index in [1.807, 2.05) is 41.9 Å². The zero-order valence-corrected chi connectivity index (χ0v) is 11.8. The summed E-state index contributed by atoms with van der Waals surface area (Å²) in [4.78, 5) is 11.8. The first kappa shape index (κ1) is 12.3. The van der Waals surface area contributed by atoms with Crippen LogP contribution in [0.1, 0.15) is 11.1 Å². The van der Waals surface area contributed by atoms with E-state index < -0.39 is 0 Å². The topological polar surface area (TPSA) is 29.1 Å². The third kappa shape index (κ3) is 3.68. The lowest BCUT2D eigenvalue weighted by molar-refractivity contribution is -0.115. The summed E-state index contributed by atoms with van der Waals surface area (Å²) < 4.78 is 0.975. The molecule has 0 fully saturated rings. The molecule has 1 heterocycles. The Morgan fingerprint density at radius 2 is 2.24 bits per heavy atom. The molecule has 0 saturated heterocycles. The number of anilines is 1. The minimum Gasteiger partial charge on any atom is -0.326 e. The monoisotopic (exact) mass is 309 g/mol. The molecule has 1 N–H and O–H groups in total. The maximum atomic E-state index is 11.8. The van der Waals surface area contributed by atoms with Gasteiger partial charge in [0.05, 0.1) is 6.42 Å². The number of hydrogen-bond donors (Lipinski definition) is 1. The van der Waals surface area contributed by atoms with Gasteiger partial charge in [0.15, 0.2) is 0 Å².